The molecule has 0 aliphatic rings. The summed E-state index contributed by atoms with van der Waals surface area (Å²) >= 11 is 3.35. The van der Waals surface area contributed by atoms with Gasteiger partial charge in [0, 0.05) is 18.4 Å². The quantitative estimate of drug-likeness (QED) is 0.906. The van der Waals surface area contributed by atoms with Gasteiger partial charge in [0.2, 0.25) is 5.95 Å². The molecule has 0 spiro atoms. The Balaban J connectivity index is 2.25. The molecule has 0 saturated carbocycles. The van der Waals surface area contributed by atoms with Crippen molar-refractivity contribution in [1.82, 2.24) is 9.97 Å². The number of nitrogens with zero attached hydrogens (tertiary/aromatic N) is 2. The Hall–Kier alpha value is -1.69. The third-order valence-electron chi connectivity index (χ3n) is 2.17. The van der Waals surface area contributed by atoms with E-state index in [0.29, 0.717) is 21.9 Å². The van der Waals surface area contributed by atoms with Gasteiger partial charge in [-0.05, 0) is 41.1 Å². The van der Waals surface area contributed by atoms with E-state index in [1.54, 1.807) is 18.3 Å². The van der Waals surface area contributed by atoms with Crippen LogP contribution in [0.25, 0.3) is 0 Å². The van der Waals surface area contributed by atoms with E-state index in [4.69, 9.17) is 0 Å². The first-order chi connectivity index (χ1) is 8.69. The molecule has 1 heterocycles. The van der Waals surface area contributed by atoms with Crippen molar-refractivity contribution in [1.29, 1.82) is 0 Å². The van der Waals surface area contributed by atoms with Gasteiger partial charge < -0.3 is 10.6 Å². The van der Waals surface area contributed by atoms with Crippen molar-refractivity contribution >= 4 is 33.4 Å². The lowest BCUT2D eigenvalue weighted by Gasteiger charge is -2.09. The summed E-state index contributed by atoms with van der Waals surface area (Å²) < 4.78 is 13.8. The minimum absolute atomic E-state index is 0.294. The normalized spacial score (nSPS) is 10.2. The van der Waals surface area contributed by atoms with E-state index in [1.807, 2.05) is 6.92 Å². The number of nitrogens with one attached hydrogen (secondary N) is 2. The average Bonchev–Trinajstić information content (AvgIpc) is 2.34. The minimum atomic E-state index is -0.294. The second-order valence-corrected chi connectivity index (χ2v) is 4.41. The third kappa shape index (κ3) is 3.16. The Labute approximate surface area is 113 Å². The molecule has 0 radical (unpaired) electrons. The van der Waals surface area contributed by atoms with Crippen molar-refractivity contribution in [3.05, 3.63) is 40.8 Å². The Morgan fingerprint density at radius 3 is 2.94 bits per heavy atom. The summed E-state index contributed by atoms with van der Waals surface area (Å²) in [6, 6.07) is 6.20. The average molecular weight is 311 g/mol. The highest BCUT2D eigenvalue weighted by Crippen LogP contribution is 2.24. The highest BCUT2D eigenvalue weighted by Gasteiger charge is 2.05. The topological polar surface area (TPSA) is 49.8 Å². The van der Waals surface area contributed by atoms with Crippen molar-refractivity contribution in [2.24, 2.45) is 0 Å². The van der Waals surface area contributed by atoms with Crippen LogP contribution in [0.2, 0.25) is 0 Å². The maximum absolute atomic E-state index is 13.1. The molecule has 6 heteroatoms. The van der Waals surface area contributed by atoms with Gasteiger partial charge in [-0.3, -0.25) is 0 Å². The zero-order chi connectivity index (χ0) is 13.0. The molecule has 2 N–H and O–H groups in total. The van der Waals surface area contributed by atoms with Gasteiger partial charge >= 0.3 is 0 Å². The molecule has 1 aromatic heterocycles. The van der Waals surface area contributed by atoms with Crippen molar-refractivity contribution in [3.63, 3.8) is 0 Å². The SMILES string of the molecule is CCNc1ncc(Br)c(Nc2cccc(F)c2)n1. The largest absolute Gasteiger partial charge is 0.354 e. The fourth-order valence-corrected chi connectivity index (χ4v) is 1.69. The summed E-state index contributed by atoms with van der Waals surface area (Å²) in [4.78, 5) is 8.39. The number of hydrogen-bond donors (Lipinski definition) is 2. The van der Waals surface area contributed by atoms with Crippen LogP contribution in [0.5, 0.6) is 0 Å². The zero-order valence-electron chi connectivity index (χ0n) is 9.74. The van der Waals surface area contributed by atoms with Gasteiger partial charge in [-0.1, -0.05) is 6.07 Å². The van der Waals surface area contributed by atoms with Crippen molar-refractivity contribution in [2.75, 3.05) is 17.2 Å². The molecule has 0 aliphatic heterocycles. The summed E-state index contributed by atoms with van der Waals surface area (Å²) in [7, 11) is 0. The number of benzene rings is 1. The van der Waals surface area contributed by atoms with E-state index in [2.05, 4.69) is 36.5 Å². The predicted octanol–water partition coefficient (Wildman–Crippen LogP) is 3.55. The van der Waals surface area contributed by atoms with Gasteiger partial charge in [0.15, 0.2) is 0 Å². The molecule has 18 heavy (non-hydrogen) atoms. The fourth-order valence-electron chi connectivity index (χ4n) is 1.40. The van der Waals surface area contributed by atoms with Gasteiger partial charge in [0.25, 0.3) is 0 Å². The van der Waals surface area contributed by atoms with Crippen LogP contribution < -0.4 is 10.6 Å². The molecule has 4 nitrogen and oxygen atoms in total. The van der Waals surface area contributed by atoms with E-state index < -0.39 is 0 Å². The van der Waals surface area contributed by atoms with Gasteiger partial charge in [-0.25, -0.2) is 9.37 Å². The van der Waals surface area contributed by atoms with Crippen molar-refractivity contribution in [2.45, 2.75) is 6.92 Å². The molecule has 94 valence electrons. The van der Waals surface area contributed by atoms with Gasteiger partial charge in [0.05, 0.1) is 4.47 Å². The van der Waals surface area contributed by atoms with E-state index in [1.165, 1.54) is 12.1 Å². The molecule has 2 rings (SSSR count). The van der Waals surface area contributed by atoms with Gasteiger partial charge in [-0.2, -0.15) is 4.98 Å². The first-order valence-corrected chi connectivity index (χ1v) is 6.27. The molecular weight excluding hydrogens is 299 g/mol. The molecule has 0 unspecified atom stereocenters. The van der Waals surface area contributed by atoms with E-state index in [9.17, 15) is 4.39 Å². The van der Waals surface area contributed by atoms with Gasteiger partial charge in [-0.15, -0.1) is 0 Å². The number of rotatable bonds is 4. The molecule has 0 amide bonds. The van der Waals surface area contributed by atoms with Crippen LogP contribution in [0, 0.1) is 5.82 Å². The fraction of sp³-hybridized carbons (Fsp3) is 0.167. The monoisotopic (exact) mass is 310 g/mol. The number of halogens is 2. The summed E-state index contributed by atoms with van der Waals surface area (Å²) in [5, 5.41) is 6.05. The lowest BCUT2D eigenvalue weighted by Crippen LogP contribution is -2.04. The Morgan fingerprint density at radius 2 is 2.22 bits per heavy atom. The second-order valence-electron chi connectivity index (χ2n) is 3.56. The maximum Gasteiger partial charge on any atom is 0.224 e. The summed E-state index contributed by atoms with van der Waals surface area (Å²) in [5.41, 5.74) is 0.636. The van der Waals surface area contributed by atoms with Gasteiger partial charge in [0.1, 0.15) is 11.6 Å². The number of hydrogen-bond acceptors (Lipinski definition) is 4. The van der Waals surface area contributed by atoms with Crippen LogP contribution in [-0.4, -0.2) is 16.5 Å². The smallest absolute Gasteiger partial charge is 0.224 e. The Bertz CT molecular complexity index is 547. The summed E-state index contributed by atoms with van der Waals surface area (Å²) in [6.45, 7) is 2.70. The van der Waals surface area contributed by atoms with Crippen LogP contribution in [0.15, 0.2) is 34.9 Å². The summed E-state index contributed by atoms with van der Waals surface area (Å²) in [5.74, 6) is 0.822. The summed E-state index contributed by atoms with van der Waals surface area (Å²) in [6.07, 6.45) is 1.65. The van der Waals surface area contributed by atoms with Crippen molar-refractivity contribution < 1.29 is 4.39 Å². The second kappa shape index (κ2) is 5.77. The van der Waals surface area contributed by atoms with E-state index in [0.717, 1.165) is 6.54 Å². The zero-order valence-corrected chi connectivity index (χ0v) is 11.3. The number of anilines is 3. The first-order valence-electron chi connectivity index (χ1n) is 5.48. The molecule has 0 fully saturated rings. The van der Waals surface area contributed by atoms with Crippen LogP contribution in [0.1, 0.15) is 6.92 Å². The lowest BCUT2D eigenvalue weighted by molar-refractivity contribution is 0.628. The highest BCUT2D eigenvalue weighted by molar-refractivity contribution is 9.10. The van der Waals surface area contributed by atoms with Crippen LogP contribution >= 0.6 is 15.9 Å². The number of aromatic nitrogens is 2. The van der Waals surface area contributed by atoms with Crippen LogP contribution in [0.4, 0.5) is 21.8 Å². The molecule has 0 saturated heterocycles. The Kier molecular flexibility index (Phi) is 4.09. The first kappa shape index (κ1) is 12.8. The lowest BCUT2D eigenvalue weighted by atomic mass is 10.3. The molecule has 1 aromatic carbocycles. The van der Waals surface area contributed by atoms with E-state index in [-0.39, 0.29) is 5.82 Å². The third-order valence-corrected chi connectivity index (χ3v) is 2.75. The molecule has 0 bridgehead atoms. The van der Waals surface area contributed by atoms with E-state index >= 15 is 0 Å². The highest BCUT2D eigenvalue weighted by atomic mass is 79.9. The molecule has 0 atom stereocenters. The van der Waals surface area contributed by atoms with Crippen molar-refractivity contribution in [3.8, 4) is 0 Å². The molecule has 0 aliphatic carbocycles. The van der Waals surface area contributed by atoms with Crippen LogP contribution in [0.3, 0.4) is 0 Å². The predicted molar refractivity (Wildman–Crippen MR) is 73.6 cm³/mol. The minimum Gasteiger partial charge on any atom is -0.354 e. The standard InChI is InChI=1S/C12H12BrFN4/c1-2-15-12-16-7-10(13)11(18-12)17-9-5-3-4-8(14)6-9/h3-7H,2H2,1H3,(H2,15,16,17,18). The molecular formula is C12H12BrFN4. The van der Waals surface area contributed by atoms with Crippen LogP contribution in [-0.2, 0) is 0 Å². The maximum atomic E-state index is 13.1. The Morgan fingerprint density at radius 1 is 1.39 bits per heavy atom. The molecule has 2 aromatic rings.